The zero-order chi connectivity index (χ0) is 31.1. The highest BCUT2D eigenvalue weighted by molar-refractivity contribution is 7.92. The van der Waals surface area contributed by atoms with E-state index in [2.05, 4.69) is 5.32 Å². The van der Waals surface area contributed by atoms with Gasteiger partial charge in [0.15, 0.2) is 0 Å². The van der Waals surface area contributed by atoms with Crippen LogP contribution in [0.3, 0.4) is 0 Å². The molecule has 1 saturated carbocycles. The molecule has 0 saturated heterocycles. The summed E-state index contributed by atoms with van der Waals surface area (Å²) in [7, 11) is -4.25. The minimum Gasteiger partial charge on any atom is -0.352 e. The molecule has 1 N–H and O–H groups in total. The van der Waals surface area contributed by atoms with Gasteiger partial charge in [0.2, 0.25) is 11.8 Å². The number of hydrogen-bond donors (Lipinski definition) is 1. The van der Waals surface area contributed by atoms with E-state index in [1.807, 2.05) is 0 Å². The van der Waals surface area contributed by atoms with Crippen molar-refractivity contribution >= 4 is 73.9 Å². The molecule has 1 fully saturated rings. The molecule has 43 heavy (non-hydrogen) atoms. The minimum atomic E-state index is -4.25. The number of nitrogens with zero attached hydrogens (tertiary/aromatic N) is 2. The van der Waals surface area contributed by atoms with Crippen molar-refractivity contribution in [3.05, 3.63) is 92.4 Å². The molecule has 0 heterocycles. The van der Waals surface area contributed by atoms with Crippen LogP contribution in [0.4, 0.5) is 5.69 Å². The highest BCUT2D eigenvalue weighted by atomic mass is 35.5. The normalized spacial score (nSPS) is 14.6. The van der Waals surface area contributed by atoms with Crippen molar-refractivity contribution in [3.63, 3.8) is 0 Å². The van der Waals surface area contributed by atoms with Crippen molar-refractivity contribution in [2.24, 2.45) is 0 Å². The lowest BCUT2D eigenvalue weighted by atomic mass is 9.95. The molecule has 230 valence electrons. The molecule has 4 rings (SSSR count). The Hall–Kier alpha value is -2.49. The minimum absolute atomic E-state index is 0.0160. The first-order valence-corrected chi connectivity index (χ1v) is 17.0. The van der Waals surface area contributed by atoms with Crippen molar-refractivity contribution in [1.29, 1.82) is 0 Å². The zero-order valence-corrected chi connectivity index (χ0v) is 27.5. The van der Waals surface area contributed by atoms with Gasteiger partial charge in [-0.05, 0) is 61.7 Å². The number of amides is 2. The molecule has 0 radical (unpaired) electrons. The van der Waals surface area contributed by atoms with Gasteiger partial charge in [-0.3, -0.25) is 13.9 Å². The Morgan fingerprint density at radius 3 is 2.12 bits per heavy atom. The number of carbonyl (C=O) groups excluding carboxylic acids is 2. The summed E-state index contributed by atoms with van der Waals surface area (Å²) in [6, 6.07) is 16.2. The molecule has 0 spiro atoms. The Morgan fingerprint density at radius 2 is 1.51 bits per heavy atom. The van der Waals surface area contributed by atoms with E-state index >= 15 is 0 Å². The smallest absolute Gasteiger partial charge is 0.264 e. The second kappa shape index (κ2) is 15.0. The number of carbonyl (C=O) groups is 2. The number of halogens is 4. The first-order chi connectivity index (χ1) is 20.5. The van der Waals surface area contributed by atoms with Crippen molar-refractivity contribution in [2.45, 2.75) is 69.0 Å². The Bertz CT molecular complexity index is 1530. The molecule has 0 aliphatic heterocycles. The highest BCUT2D eigenvalue weighted by Gasteiger charge is 2.35. The van der Waals surface area contributed by atoms with Crippen LogP contribution in [0.25, 0.3) is 0 Å². The summed E-state index contributed by atoms with van der Waals surface area (Å²) >= 11 is 25.4. The maximum absolute atomic E-state index is 14.3. The fourth-order valence-electron chi connectivity index (χ4n) is 5.21. The van der Waals surface area contributed by atoms with Crippen molar-refractivity contribution < 1.29 is 18.0 Å². The van der Waals surface area contributed by atoms with E-state index in [0.717, 1.165) is 36.4 Å². The third-order valence-corrected chi connectivity index (χ3v) is 10.8. The van der Waals surface area contributed by atoms with Crippen molar-refractivity contribution in [3.8, 4) is 0 Å². The summed E-state index contributed by atoms with van der Waals surface area (Å²) in [5.74, 6) is -0.926. The van der Waals surface area contributed by atoms with Gasteiger partial charge in [-0.15, -0.1) is 0 Å². The summed E-state index contributed by atoms with van der Waals surface area (Å²) in [6.07, 6.45) is 5.19. The van der Waals surface area contributed by atoms with Gasteiger partial charge in [-0.25, -0.2) is 8.42 Å². The Kier molecular flexibility index (Phi) is 11.6. The van der Waals surface area contributed by atoms with E-state index in [0.29, 0.717) is 15.6 Å². The van der Waals surface area contributed by atoms with E-state index in [-0.39, 0.29) is 45.5 Å². The molecule has 1 atom stereocenters. The molecular weight excluding hydrogens is 652 g/mol. The van der Waals surface area contributed by atoms with Gasteiger partial charge in [-0.1, -0.05) is 96.9 Å². The quantitative estimate of drug-likeness (QED) is 0.224. The van der Waals surface area contributed by atoms with Crippen LogP contribution in [0, 0.1) is 0 Å². The molecule has 7 nitrogen and oxygen atoms in total. The Labute approximate surface area is 273 Å². The predicted molar refractivity (Wildman–Crippen MR) is 174 cm³/mol. The lowest BCUT2D eigenvalue weighted by molar-refractivity contribution is -0.140. The summed E-state index contributed by atoms with van der Waals surface area (Å²) in [5, 5.41) is 4.12. The third kappa shape index (κ3) is 8.17. The number of benzene rings is 3. The molecule has 1 aliphatic carbocycles. The van der Waals surface area contributed by atoms with Gasteiger partial charge < -0.3 is 10.2 Å². The number of hydrogen-bond acceptors (Lipinski definition) is 4. The largest absolute Gasteiger partial charge is 0.352 e. The standard InChI is InChI=1S/C31H33Cl4N3O4S/c1-2-29(31(40)36-21-10-5-3-6-11-21)37(19-24-25(32)14-9-15-26(24)33)30(39)20-38(22-16-17-27(34)28(35)18-22)43(41,42)23-12-7-4-8-13-23/h4,7-9,12-18,21,29H,2-3,5-6,10-11,19-20H2,1H3,(H,36,40)/t29-/m0/s1. The zero-order valence-electron chi connectivity index (χ0n) is 23.6. The molecule has 3 aromatic rings. The van der Waals surface area contributed by atoms with Gasteiger partial charge in [0.1, 0.15) is 12.6 Å². The SMILES string of the molecule is CC[C@@H](C(=O)NC1CCCCC1)N(Cc1c(Cl)cccc1Cl)C(=O)CN(c1ccc(Cl)c(Cl)c1)S(=O)(=O)c1ccccc1. The summed E-state index contributed by atoms with van der Waals surface area (Å²) in [4.78, 5) is 29.3. The average molecular weight is 686 g/mol. The maximum Gasteiger partial charge on any atom is 0.264 e. The monoisotopic (exact) mass is 683 g/mol. The van der Waals surface area contributed by atoms with E-state index in [1.165, 1.54) is 35.2 Å². The molecule has 0 bridgehead atoms. The lowest BCUT2D eigenvalue weighted by Gasteiger charge is -2.34. The second-order valence-electron chi connectivity index (χ2n) is 10.4. The number of anilines is 1. The fourth-order valence-corrected chi connectivity index (χ4v) is 7.44. The van der Waals surface area contributed by atoms with Crippen LogP contribution in [0.15, 0.2) is 71.6 Å². The second-order valence-corrected chi connectivity index (χ2v) is 13.9. The highest BCUT2D eigenvalue weighted by Crippen LogP contribution is 2.32. The van der Waals surface area contributed by atoms with Crippen LogP contribution in [0.2, 0.25) is 20.1 Å². The van der Waals surface area contributed by atoms with Crippen LogP contribution in [-0.2, 0) is 26.2 Å². The molecule has 3 aromatic carbocycles. The summed E-state index contributed by atoms with van der Waals surface area (Å²) in [6.45, 7) is 1.08. The predicted octanol–water partition coefficient (Wildman–Crippen LogP) is 7.75. The molecular formula is C31H33Cl4N3O4S. The first-order valence-electron chi connectivity index (χ1n) is 14.1. The number of sulfonamides is 1. The molecule has 0 aromatic heterocycles. The van der Waals surface area contributed by atoms with E-state index in [1.54, 1.807) is 43.3 Å². The fraction of sp³-hybridized carbons (Fsp3) is 0.355. The summed E-state index contributed by atoms with van der Waals surface area (Å²) < 4.78 is 28.9. The van der Waals surface area contributed by atoms with Gasteiger partial charge in [0.25, 0.3) is 10.0 Å². The number of rotatable bonds is 11. The number of nitrogens with one attached hydrogen (secondary N) is 1. The Morgan fingerprint density at radius 1 is 0.860 bits per heavy atom. The van der Waals surface area contributed by atoms with Gasteiger partial charge in [0, 0.05) is 28.2 Å². The van der Waals surface area contributed by atoms with Crippen LogP contribution in [0.1, 0.15) is 51.0 Å². The Balaban J connectivity index is 1.75. The molecule has 0 unspecified atom stereocenters. The topological polar surface area (TPSA) is 86.8 Å². The molecule has 1 aliphatic rings. The van der Waals surface area contributed by atoms with Gasteiger partial charge in [0.05, 0.1) is 20.6 Å². The van der Waals surface area contributed by atoms with E-state index < -0.39 is 28.5 Å². The lowest BCUT2D eigenvalue weighted by Crippen LogP contribution is -2.54. The van der Waals surface area contributed by atoms with Crippen LogP contribution in [0.5, 0.6) is 0 Å². The average Bonchev–Trinajstić information content (AvgIpc) is 2.99. The van der Waals surface area contributed by atoms with Crippen LogP contribution >= 0.6 is 46.4 Å². The molecule has 2 amide bonds. The molecule has 12 heteroatoms. The maximum atomic E-state index is 14.3. The first kappa shape index (κ1) is 33.4. The van der Waals surface area contributed by atoms with E-state index in [4.69, 9.17) is 46.4 Å². The third-order valence-electron chi connectivity index (χ3n) is 7.53. The van der Waals surface area contributed by atoms with Crippen molar-refractivity contribution in [2.75, 3.05) is 10.8 Å². The van der Waals surface area contributed by atoms with Crippen molar-refractivity contribution in [1.82, 2.24) is 10.2 Å². The van der Waals surface area contributed by atoms with Gasteiger partial charge >= 0.3 is 0 Å². The van der Waals surface area contributed by atoms with Gasteiger partial charge in [-0.2, -0.15) is 0 Å². The summed E-state index contributed by atoms with van der Waals surface area (Å²) in [5.41, 5.74) is 0.595. The van der Waals surface area contributed by atoms with Crippen LogP contribution in [-0.4, -0.2) is 43.8 Å². The van der Waals surface area contributed by atoms with E-state index in [9.17, 15) is 18.0 Å². The van der Waals surface area contributed by atoms with Crippen LogP contribution < -0.4 is 9.62 Å².